The number of esters is 1. The third kappa shape index (κ3) is 5.62. The Morgan fingerprint density at radius 2 is 2.04 bits per heavy atom. The van der Waals surface area contributed by atoms with E-state index in [9.17, 15) is 14.9 Å². The van der Waals surface area contributed by atoms with Crippen LogP contribution in [0.5, 0.6) is 0 Å². The molecule has 0 unspecified atom stereocenters. The Bertz CT molecular complexity index is 700. The van der Waals surface area contributed by atoms with Crippen molar-refractivity contribution in [3.63, 3.8) is 0 Å². The lowest BCUT2D eigenvalue weighted by Gasteiger charge is -2.12. The minimum atomic E-state index is -0.549. The third-order valence-electron chi connectivity index (χ3n) is 4.31. The summed E-state index contributed by atoms with van der Waals surface area (Å²) in [4.78, 5) is 24.6. The maximum atomic E-state index is 12.4. The number of nitrogens with zero attached hydrogens (tertiary/aromatic N) is 1. The van der Waals surface area contributed by atoms with Gasteiger partial charge in [-0.15, -0.1) is 0 Å². The quantitative estimate of drug-likeness (QED) is 0.322. The first kappa shape index (κ1) is 19.5. The van der Waals surface area contributed by atoms with E-state index in [0.29, 0.717) is 18.3 Å². The van der Waals surface area contributed by atoms with Gasteiger partial charge in [-0.2, -0.15) is 5.26 Å². The second-order valence-corrected chi connectivity index (χ2v) is 6.31. The fourth-order valence-electron chi connectivity index (χ4n) is 2.79. The van der Waals surface area contributed by atoms with Gasteiger partial charge in [0.15, 0.2) is 0 Å². The Morgan fingerprint density at radius 3 is 2.73 bits per heavy atom. The highest BCUT2D eigenvalue weighted by Crippen LogP contribution is 2.19. The molecule has 138 valence electrons. The molecule has 1 aromatic carbocycles. The first-order valence-corrected chi connectivity index (χ1v) is 9.09. The van der Waals surface area contributed by atoms with Crippen LogP contribution in [0.2, 0.25) is 0 Å². The van der Waals surface area contributed by atoms with Gasteiger partial charge in [0, 0.05) is 12.2 Å². The zero-order chi connectivity index (χ0) is 18.8. The van der Waals surface area contributed by atoms with E-state index in [1.54, 1.807) is 24.3 Å². The topological polar surface area (TPSA) is 91.2 Å². The van der Waals surface area contributed by atoms with Gasteiger partial charge in [-0.05, 0) is 31.4 Å². The van der Waals surface area contributed by atoms with Crippen molar-refractivity contribution in [2.75, 3.05) is 11.9 Å². The van der Waals surface area contributed by atoms with Crippen molar-refractivity contribution in [1.82, 2.24) is 5.32 Å². The average molecular weight is 355 g/mol. The summed E-state index contributed by atoms with van der Waals surface area (Å²) in [7, 11) is 0. The van der Waals surface area contributed by atoms with Crippen molar-refractivity contribution in [2.45, 2.75) is 51.5 Å². The highest BCUT2D eigenvalue weighted by atomic mass is 16.5. The molecule has 1 aliphatic carbocycles. The normalized spacial score (nSPS) is 14.5. The molecule has 0 aliphatic heterocycles. The summed E-state index contributed by atoms with van der Waals surface area (Å²) in [6, 6.07) is 8.85. The van der Waals surface area contributed by atoms with Crippen LogP contribution in [0.4, 0.5) is 5.69 Å². The van der Waals surface area contributed by atoms with Crippen molar-refractivity contribution in [2.24, 2.45) is 0 Å². The number of hydrogen-bond acceptors (Lipinski definition) is 5. The number of para-hydroxylation sites is 1. The predicted molar refractivity (Wildman–Crippen MR) is 99.3 cm³/mol. The molecule has 1 aliphatic rings. The standard InChI is InChI=1S/C20H25N3O3/c1-2-3-12-26-20(25)17-10-6-7-11-18(17)23-19(24)15(13-21)14-22-16-8-4-5-9-16/h6-7,10-11,14,16,22H,2-5,8-9,12H2,1H3,(H,23,24)/b15-14-. The van der Waals surface area contributed by atoms with Crippen LogP contribution in [0, 0.1) is 11.3 Å². The molecule has 2 N–H and O–H groups in total. The molecule has 0 radical (unpaired) electrons. The van der Waals surface area contributed by atoms with E-state index in [0.717, 1.165) is 38.5 Å². The Balaban J connectivity index is 2.04. The van der Waals surface area contributed by atoms with E-state index in [2.05, 4.69) is 10.6 Å². The monoisotopic (exact) mass is 355 g/mol. The molecule has 0 spiro atoms. The van der Waals surface area contributed by atoms with E-state index in [1.807, 2.05) is 13.0 Å². The van der Waals surface area contributed by atoms with Gasteiger partial charge >= 0.3 is 5.97 Å². The maximum absolute atomic E-state index is 12.4. The number of carbonyl (C=O) groups excluding carboxylic acids is 2. The van der Waals surface area contributed by atoms with Gasteiger partial charge in [0.1, 0.15) is 11.6 Å². The number of benzene rings is 1. The minimum Gasteiger partial charge on any atom is -0.462 e. The average Bonchev–Trinajstić information content (AvgIpc) is 3.16. The van der Waals surface area contributed by atoms with Crippen molar-refractivity contribution in [3.8, 4) is 6.07 Å². The van der Waals surface area contributed by atoms with E-state index < -0.39 is 11.9 Å². The zero-order valence-corrected chi connectivity index (χ0v) is 15.1. The molecular formula is C20H25N3O3. The number of nitriles is 1. The molecule has 0 heterocycles. The van der Waals surface area contributed by atoms with E-state index >= 15 is 0 Å². The molecule has 1 fully saturated rings. The number of anilines is 1. The lowest BCUT2D eigenvalue weighted by atomic mass is 10.1. The Kier molecular flexibility index (Phi) is 7.69. The summed E-state index contributed by atoms with van der Waals surface area (Å²) < 4.78 is 5.21. The Morgan fingerprint density at radius 1 is 1.31 bits per heavy atom. The minimum absolute atomic E-state index is 0.0222. The smallest absolute Gasteiger partial charge is 0.340 e. The van der Waals surface area contributed by atoms with Crippen molar-refractivity contribution in [1.29, 1.82) is 5.26 Å². The van der Waals surface area contributed by atoms with Crippen LogP contribution in [0.3, 0.4) is 0 Å². The number of hydrogen-bond donors (Lipinski definition) is 2. The van der Waals surface area contributed by atoms with Gasteiger partial charge < -0.3 is 15.4 Å². The molecule has 0 bridgehead atoms. The number of nitrogens with one attached hydrogen (secondary N) is 2. The van der Waals surface area contributed by atoms with Crippen LogP contribution in [-0.4, -0.2) is 24.5 Å². The highest BCUT2D eigenvalue weighted by Gasteiger charge is 2.18. The number of unbranched alkanes of at least 4 members (excludes halogenated alkanes) is 1. The van der Waals surface area contributed by atoms with Gasteiger partial charge in [0.05, 0.1) is 17.9 Å². The highest BCUT2D eigenvalue weighted by molar-refractivity contribution is 6.09. The van der Waals surface area contributed by atoms with Crippen LogP contribution >= 0.6 is 0 Å². The third-order valence-corrected chi connectivity index (χ3v) is 4.31. The first-order chi connectivity index (χ1) is 12.7. The largest absolute Gasteiger partial charge is 0.462 e. The summed E-state index contributed by atoms with van der Waals surface area (Å²) in [5, 5.41) is 15.0. The molecule has 1 saturated carbocycles. The Hall–Kier alpha value is -2.81. The lowest BCUT2D eigenvalue weighted by molar-refractivity contribution is -0.112. The van der Waals surface area contributed by atoms with Gasteiger partial charge in [-0.25, -0.2) is 4.79 Å². The van der Waals surface area contributed by atoms with Gasteiger partial charge in [0.2, 0.25) is 0 Å². The molecule has 2 rings (SSSR count). The van der Waals surface area contributed by atoms with E-state index in [-0.39, 0.29) is 11.1 Å². The molecule has 26 heavy (non-hydrogen) atoms. The lowest BCUT2D eigenvalue weighted by Crippen LogP contribution is -2.23. The summed E-state index contributed by atoms with van der Waals surface area (Å²) in [6.07, 6.45) is 7.59. The van der Waals surface area contributed by atoms with Crippen LogP contribution in [0.15, 0.2) is 36.0 Å². The first-order valence-electron chi connectivity index (χ1n) is 9.09. The Labute approximate surface area is 154 Å². The van der Waals surface area contributed by atoms with Gasteiger partial charge in [-0.3, -0.25) is 4.79 Å². The second-order valence-electron chi connectivity index (χ2n) is 6.31. The summed E-state index contributed by atoms with van der Waals surface area (Å²) in [6.45, 7) is 2.35. The van der Waals surface area contributed by atoms with Crippen LogP contribution < -0.4 is 10.6 Å². The molecule has 1 aromatic rings. The molecular weight excluding hydrogens is 330 g/mol. The van der Waals surface area contributed by atoms with Crippen molar-refractivity contribution in [3.05, 3.63) is 41.6 Å². The second kappa shape index (κ2) is 10.2. The van der Waals surface area contributed by atoms with Crippen LogP contribution in [0.25, 0.3) is 0 Å². The van der Waals surface area contributed by atoms with E-state index in [1.165, 1.54) is 6.20 Å². The molecule has 0 saturated heterocycles. The molecule has 1 amide bonds. The van der Waals surface area contributed by atoms with Gasteiger partial charge in [-0.1, -0.05) is 38.3 Å². The SMILES string of the molecule is CCCCOC(=O)c1ccccc1NC(=O)/C(C#N)=C\NC1CCCC1. The summed E-state index contributed by atoms with van der Waals surface area (Å²) in [5.41, 5.74) is 0.588. The van der Waals surface area contributed by atoms with Crippen molar-refractivity contribution < 1.29 is 14.3 Å². The summed E-state index contributed by atoms with van der Waals surface area (Å²) in [5.74, 6) is -1.03. The summed E-state index contributed by atoms with van der Waals surface area (Å²) >= 11 is 0. The van der Waals surface area contributed by atoms with Gasteiger partial charge in [0.25, 0.3) is 5.91 Å². The molecule has 6 heteroatoms. The fraction of sp³-hybridized carbons (Fsp3) is 0.450. The van der Waals surface area contributed by atoms with Crippen molar-refractivity contribution >= 4 is 17.6 Å². The predicted octanol–water partition coefficient (Wildman–Crippen LogP) is 3.52. The van der Waals surface area contributed by atoms with Crippen LogP contribution in [0.1, 0.15) is 55.8 Å². The molecule has 0 atom stereocenters. The molecule has 6 nitrogen and oxygen atoms in total. The number of rotatable bonds is 8. The number of amides is 1. The van der Waals surface area contributed by atoms with Crippen LogP contribution in [-0.2, 0) is 9.53 Å². The fourth-order valence-corrected chi connectivity index (χ4v) is 2.79. The van der Waals surface area contributed by atoms with E-state index in [4.69, 9.17) is 4.74 Å². The number of carbonyl (C=O) groups is 2. The maximum Gasteiger partial charge on any atom is 0.340 e. The molecule has 0 aromatic heterocycles. The zero-order valence-electron chi connectivity index (χ0n) is 15.1. The number of ether oxygens (including phenoxy) is 1.